The molecule has 100 valence electrons. The summed E-state index contributed by atoms with van der Waals surface area (Å²) in [6.07, 6.45) is 11.3. The van der Waals surface area contributed by atoms with E-state index in [1.165, 1.54) is 32.1 Å². The van der Waals surface area contributed by atoms with Crippen molar-refractivity contribution in [1.82, 2.24) is 5.32 Å². The molecule has 0 aromatic rings. The van der Waals surface area contributed by atoms with Crippen molar-refractivity contribution in [2.45, 2.75) is 82.6 Å². The Morgan fingerprint density at radius 3 is 2.53 bits per heavy atom. The number of amides is 1. The van der Waals surface area contributed by atoms with E-state index in [0.717, 1.165) is 25.7 Å². The van der Waals surface area contributed by atoms with Crippen molar-refractivity contribution in [1.29, 1.82) is 0 Å². The van der Waals surface area contributed by atoms with Gasteiger partial charge in [0.2, 0.25) is 5.91 Å². The fourth-order valence-corrected chi connectivity index (χ4v) is 2.77. The van der Waals surface area contributed by atoms with Gasteiger partial charge in [-0.1, -0.05) is 39.0 Å². The summed E-state index contributed by atoms with van der Waals surface area (Å²) >= 11 is 6.13. The first kappa shape index (κ1) is 14.8. The van der Waals surface area contributed by atoms with Gasteiger partial charge in [-0.05, 0) is 25.7 Å². The van der Waals surface area contributed by atoms with Gasteiger partial charge in [-0.25, -0.2) is 0 Å². The number of carbonyl (C=O) groups is 1. The highest BCUT2D eigenvalue weighted by atomic mass is 35.5. The minimum atomic E-state index is 0.156. The van der Waals surface area contributed by atoms with Crippen molar-refractivity contribution in [3.05, 3.63) is 0 Å². The van der Waals surface area contributed by atoms with Crippen molar-refractivity contribution in [3.8, 4) is 0 Å². The molecule has 0 bridgehead atoms. The van der Waals surface area contributed by atoms with E-state index in [1.54, 1.807) is 0 Å². The number of unbranched alkanes of at least 4 members (excludes halogenated alkanes) is 5. The predicted molar refractivity (Wildman–Crippen MR) is 73.4 cm³/mol. The van der Waals surface area contributed by atoms with Crippen LogP contribution in [0.25, 0.3) is 0 Å². The summed E-state index contributed by atoms with van der Waals surface area (Å²) in [7, 11) is 0. The molecule has 0 aromatic heterocycles. The number of hydrogen-bond donors (Lipinski definition) is 1. The number of hydrogen-bond acceptors (Lipinski definition) is 1. The Kier molecular flexibility index (Phi) is 7.67. The fourth-order valence-electron chi connectivity index (χ4n) is 2.42. The Balaban J connectivity index is 1.97. The predicted octanol–water partition coefficient (Wildman–Crippen LogP) is 4.01. The third-order valence-corrected chi connectivity index (χ3v) is 4.06. The van der Waals surface area contributed by atoms with Gasteiger partial charge >= 0.3 is 0 Å². The third-order valence-electron chi connectivity index (χ3n) is 3.54. The number of carbonyl (C=O) groups excluding carboxylic acids is 1. The summed E-state index contributed by atoms with van der Waals surface area (Å²) < 4.78 is 0. The molecule has 2 nitrogen and oxygen atoms in total. The molecule has 1 saturated carbocycles. The monoisotopic (exact) mass is 259 g/mol. The van der Waals surface area contributed by atoms with Crippen LogP contribution in [0.1, 0.15) is 71.1 Å². The van der Waals surface area contributed by atoms with Crippen LogP contribution in [0.3, 0.4) is 0 Å². The van der Waals surface area contributed by atoms with E-state index in [9.17, 15) is 4.79 Å². The highest BCUT2D eigenvalue weighted by Gasteiger charge is 2.26. The first-order valence-electron chi connectivity index (χ1n) is 7.17. The Morgan fingerprint density at radius 1 is 1.18 bits per heavy atom. The molecule has 1 N–H and O–H groups in total. The standard InChI is InChI=1S/C14H26ClNO/c1-2-3-4-5-6-7-11-14(17)16-13-10-8-9-12(13)15/h12-13H,2-11H2,1H3,(H,16,17). The van der Waals surface area contributed by atoms with Crippen LogP contribution in [0.15, 0.2) is 0 Å². The molecule has 1 aliphatic rings. The smallest absolute Gasteiger partial charge is 0.220 e. The quantitative estimate of drug-likeness (QED) is 0.518. The molecule has 1 fully saturated rings. The Morgan fingerprint density at radius 2 is 1.88 bits per heavy atom. The number of nitrogens with one attached hydrogen (secondary N) is 1. The number of rotatable bonds is 8. The lowest BCUT2D eigenvalue weighted by Gasteiger charge is -2.15. The van der Waals surface area contributed by atoms with Crippen molar-refractivity contribution in [2.24, 2.45) is 0 Å². The van der Waals surface area contributed by atoms with Crippen LogP contribution in [0, 0.1) is 0 Å². The zero-order valence-corrected chi connectivity index (χ0v) is 11.8. The van der Waals surface area contributed by atoms with Gasteiger partial charge in [-0.3, -0.25) is 4.79 Å². The van der Waals surface area contributed by atoms with Gasteiger partial charge in [0.1, 0.15) is 0 Å². The lowest BCUT2D eigenvalue weighted by molar-refractivity contribution is -0.121. The van der Waals surface area contributed by atoms with Crippen LogP contribution in [0.5, 0.6) is 0 Å². The normalized spacial score (nSPS) is 23.9. The first-order chi connectivity index (χ1) is 8.24. The molecular formula is C14H26ClNO. The van der Waals surface area contributed by atoms with Gasteiger partial charge in [0.05, 0.1) is 5.38 Å². The Bertz CT molecular complexity index is 220. The molecule has 0 radical (unpaired) electrons. The maximum Gasteiger partial charge on any atom is 0.220 e. The molecule has 1 rings (SSSR count). The van der Waals surface area contributed by atoms with E-state index in [0.29, 0.717) is 6.42 Å². The maximum absolute atomic E-state index is 11.7. The van der Waals surface area contributed by atoms with Crippen LogP contribution >= 0.6 is 11.6 Å². The van der Waals surface area contributed by atoms with E-state index >= 15 is 0 Å². The van der Waals surface area contributed by atoms with Crippen LogP contribution in [0.2, 0.25) is 0 Å². The third kappa shape index (κ3) is 6.30. The summed E-state index contributed by atoms with van der Waals surface area (Å²) in [6.45, 7) is 2.22. The number of alkyl halides is 1. The van der Waals surface area contributed by atoms with Gasteiger partial charge in [0.15, 0.2) is 0 Å². The van der Waals surface area contributed by atoms with Gasteiger partial charge < -0.3 is 5.32 Å². The summed E-state index contributed by atoms with van der Waals surface area (Å²) in [5, 5.41) is 3.22. The van der Waals surface area contributed by atoms with Gasteiger partial charge in [0, 0.05) is 12.5 Å². The molecule has 2 unspecified atom stereocenters. The molecule has 0 aromatic carbocycles. The van der Waals surface area contributed by atoms with Crippen LogP contribution in [-0.4, -0.2) is 17.3 Å². The van der Waals surface area contributed by atoms with Gasteiger partial charge in [0.25, 0.3) is 0 Å². The van der Waals surface area contributed by atoms with Crippen molar-refractivity contribution < 1.29 is 4.79 Å². The van der Waals surface area contributed by atoms with Crippen molar-refractivity contribution >= 4 is 17.5 Å². The molecular weight excluding hydrogens is 234 g/mol. The highest BCUT2D eigenvalue weighted by molar-refractivity contribution is 6.21. The zero-order valence-electron chi connectivity index (χ0n) is 11.0. The second-order valence-corrected chi connectivity index (χ2v) is 5.70. The minimum absolute atomic E-state index is 0.156. The Hall–Kier alpha value is -0.240. The summed E-state index contributed by atoms with van der Waals surface area (Å²) in [4.78, 5) is 11.7. The molecule has 2 atom stereocenters. The molecule has 0 aliphatic heterocycles. The maximum atomic E-state index is 11.7. The fraction of sp³-hybridized carbons (Fsp3) is 0.929. The van der Waals surface area contributed by atoms with Crippen LogP contribution < -0.4 is 5.32 Å². The molecule has 1 aliphatic carbocycles. The van der Waals surface area contributed by atoms with Gasteiger partial charge in [-0.2, -0.15) is 0 Å². The number of halogens is 1. The Labute approximate surface area is 110 Å². The highest BCUT2D eigenvalue weighted by Crippen LogP contribution is 2.24. The largest absolute Gasteiger partial charge is 0.352 e. The summed E-state index contributed by atoms with van der Waals surface area (Å²) in [6, 6.07) is 0.226. The molecule has 0 saturated heterocycles. The second-order valence-electron chi connectivity index (χ2n) is 5.14. The van der Waals surface area contributed by atoms with E-state index in [2.05, 4.69) is 12.2 Å². The lowest BCUT2D eigenvalue weighted by Crippen LogP contribution is -2.37. The molecule has 0 spiro atoms. The minimum Gasteiger partial charge on any atom is -0.352 e. The van der Waals surface area contributed by atoms with Gasteiger partial charge in [-0.15, -0.1) is 11.6 Å². The van der Waals surface area contributed by atoms with Crippen LogP contribution in [0.4, 0.5) is 0 Å². The van der Waals surface area contributed by atoms with E-state index in [1.807, 2.05) is 0 Å². The molecule has 3 heteroatoms. The topological polar surface area (TPSA) is 29.1 Å². The molecule has 1 amide bonds. The summed E-state index contributed by atoms with van der Waals surface area (Å²) in [5.41, 5.74) is 0. The molecule has 17 heavy (non-hydrogen) atoms. The van der Waals surface area contributed by atoms with E-state index < -0.39 is 0 Å². The SMILES string of the molecule is CCCCCCCCC(=O)NC1CCCC1Cl. The van der Waals surface area contributed by atoms with Crippen molar-refractivity contribution in [2.75, 3.05) is 0 Å². The van der Waals surface area contributed by atoms with E-state index in [-0.39, 0.29) is 17.3 Å². The first-order valence-corrected chi connectivity index (χ1v) is 7.61. The second kappa shape index (κ2) is 8.79. The average molecular weight is 260 g/mol. The van der Waals surface area contributed by atoms with E-state index in [4.69, 9.17) is 11.6 Å². The zero-order chi connectivity index (χ0) is 12.5. The molecule has 0 heterocycles. The summed E-state index contributed by atoms with van der Waals surface area (Å²) in [5.74, 6) is 0.193. The average Bonchev–Trinajstić information content (AvgIpc) is 2.69. The van der Waals surface area contributed by atoms with Crippen LogP contribution in [-0.2, 0) is 4.79 Å². The van der Waals surface area contributed by atoms with Crippen molar-refractivity contribution in [3.63, 3.8) is 0 Å². The lowest BCUT2D eigenvalue weighted by atomic mass is 10.1.